The first-order chi connectivity index (χ1) is 7.11. The van der Waals surface area contributed by atoms with Gasteiger partial charge in [0.1, 0.15) is 5.56 Å². The largest absolute Gasteiger partial charge is 0.477 e. The molecule has 0 aliphatic carbocycles. The molecule has 0 atom stereocenters. The predicted molar refractivity (Wildman–Crippen MR) is 53.9 cm³/mol. The topological polar surface area (TPSA) is 72.3 Å². The maximum Gasteiger partial charge on any atom is 0.341 e. The van der Waals surface area contributed by atoms with Crippen LogP contribution in [-0.2, 0) is 0 Å². The molecule has 82 valence electrons. The second kappa shape index (κ2) is 5.29. The summed E-state index contributed by atoms with van der Waals surface area (Å²) in [6.07, 6.45) is 2.19. The van der Waals surface area contributed by atoms with Crippen LogP contribution in [0.1, 0.15) is 30.6 Å². The Hall–Kier alpha value is -1.65. The van der Waals surface area contributed by atoms with Crippen LogP contribution in [0.15, 0.2) is 12.3 Å². The van der Waals surface area contributed by atoms with Gasteiger partial charge in [0.25, 0.3) is 0 Å². The minimum Gasteiger partial charge on any atom is -0.477 e. The van der Waals surface area contributed by atoms with E-state index in [0.29, 0.717) is 12.5 Å². The summed E-state index contributed by atoms with van der Waals surface area (Å²) in [6, 6.07) is 1.38. The maximum absolute atomic E-state index is 10.8. The summed E-state index contributed by atoms with van der Waals surface area (Å²) >= 11 is 0. The highest BCUT2D eigenvalue weighted by Gasteiger charge is 2.12. The Balaban J connectivity index is 2.63. The monoisotopic (exact) mass is 210 g/mol. The van der Waals surface area contributed by atoms with Crippen molar-refractivity contribution in [1.29, 1.82) is 0 Å². The maximum atomic E-state index is 10.8. The van der Waals surface area contributed by atoms with Crippen molar-refractivity contribution in [3.63, 3.8) is 0 Å². The number of rotatable bonds is 5. The molecular formula is C10H14N2O3. The molecule has 5 heteroatoms. The Morgan fingerprint density at radius 1 is 1.60 bits per heavy atom. The minimum atomic E-state index is -1.05. The van der Waals surface area contributed by atoms with Crippen LogP contribution in [-0.4, -0.2) is 27.9 Å². The Kier molecular flexibility index (Phi) is 4.03. The van der Waals surface area contributed by atoms with E-state index in [4.69, 9.17) is 9.84 Å². The van der Waals surface area contributed by atoms with E-state index in [-0.39, 0.29) is 11.4 Å². The molecular weight excluding hydrogens is 196 g/mol. The molecule has 1 aromatic rings. The van der Waals surface area contributed by atoms with E-state index in [0.717, 1.165) is 6.42 Å². The highest BCUT2D eigenvalue weighted by Crippen LogP contribution is 2.13. The van der Waals surface area contributed by atoms with Crippen molar-refractivity contribution in [2.24, 2.45) is 5.92 Å². The van der Waals surface area contributed by atoms with Crippen molar-refractivity contribution in [2.45, 2.75) is 20.3 Å². The summed E-state index contributed by atoms with van der Waals surface area (Å²) in [4.78, 5) is 10.8. The van der Waals surface area contributed by atoms with Crippen LogP contribution in [0.5, 0.6) is 5.88 Å². The van der Waals surface area contributed by atoms with Gasteiger partial charge in [-0.15, -0.1) is 5.10 Å². The van der Waals surface area contributed by atoms with Gasteiger partial charge in [-0.1, -0.05) is 13.8 Å². The Morgan fingerprint density at radius 3 is 2.93 bits per heavy atom. The molecule has 0 aliphatic rings. The Labute approximate surface area is 88.1 Å². The van der Waals surface area contributed by atoms with Crippen molar-refractivity contribution >= 4 is 5.97 Å². The minimum absolute atomic E-state index is 0.0498. The van der Waals surface area contributed by atoms with Gasteiger partial charge in [-0.25, -0.2) is 4.79 Å². The Bertz CT molecular complexity index is 339. The normalized spacial score (nSPS) is 10.3. The van der Waals surface area contributed by atoms with E-state index < -0.39 is 5.97 Å². The number of carboxylic acids is 1. The van der Waals surface area contributed by atoms with Crippen molar-refractivity contribution in [1.82, 2.24) is 10.2 Å². The van der Waals surface area contributed by atoms with Crippen LogP contribution in [0, 0.1) is 5.92 Å². The zero-order valence-electron chi connectivity index (χ0n) is 8.80. The summed E-state index contributed by atoms with van der Waals surface area (Å²) in [6.45, 7) is 4.59. The second-order valence-corrected chi connectivity index (χ2v) is 3.59. The Morgan fingerprint density at radius 2 is 2.33 bits per heavy atom. The zero-order valence-corrected chi connectivity index (χ0v) is 8.80. The zero-order chi connectivity index (χ0) is 11.3. The molecule has 1 N–H and O–H groups in total. The van der Waals surface area contributed by atoms with Crippen molar-refractivity contribution < 1.29 is 14.6 Å². The molecule has 15 heavy (non-hydrogen) atoms. The third-order valence-corrected chi connectivity index (χ3v) is 1.85. The molecule has 0 amide bonds. The van der Waals surface area contributed by atoms with E-state index in [1.165, 1.54) is 12.3 Å². The van der Waals surface area contributed by atoms with Crippen LogP contribution in [0.25, 0.3) is 0 Å². The highest BCUT2D eigenvalue weighted by atomic mass is 16.5. The molecule has 1 rings (SSSR count). The lowest BCUT2D eigenvalue weighted by molar-refractivity contribution is 0.0690. The van der Waals surface area contributed by atoms with E-state index >= 15 is 0 Å². The SMILES string of the molecule is CC(C)CCOc1nnccc1C(=O)O. The molecule has 0 aromatic carbocycles. The molecule has 0 saturated carbocycles. The van der Waals surface area contributed by atoms with Crippen molar-refractivity contribution in [3.05, 3.63) is 17.8 Å². The lowest BCUT2D eigenvalue weighted by atomic mass is 10.1. The number of carbonyl (C=O) groups is 1. The number of nitrogens with zero attached hydrogens (tertiary/aromatic N) is 2. The summed E-state index contributed by atoms with van der Waals surface area (Å²) in [5.41, 5.74) is 0.0498. The van der Waals surface area contributed by atoms with Gasteiger partial charge >= 0.3 is 5.97 Å². The summed E-state index contributed by atoms with van der Waals surface area (Å²) in [5, 5.41) is 16.1. The molecule has 1 heterocycles. The lowest BCUT2D eigenvalue weighted by Gasteiger charge is -2.07. The van der Waals surface area contributed by atoms with Gasteiger partial charge in [0.15, 0.2) is 0 Å². The van der Waals surface area contributed by atoms with Gasteiger partial charge in [0, 0.05) is 0 Å². The van der Waals surface area contributed by atoms with E-state index in [2.05, 4.69) is 24.0 Å². The van der Waals surface area contributed by atoms with Crippen molar-refractivity contribution in [2.75, 3.05) is 6.61 Å². The summed E-state index contributed by atoms with van der Waals surface area (Å²) in [7, 11) is 0. The molecule has 0 saturated heterocycles. The first kappa shape index (κ1) is 11.4. The average Bonchev–Trinajstić information content (AvgIpc) is 2.17. The highest BCUT2D eigenvalue weighted by molar-refractivity contribution is 5.89. The fraction of sp³-hybridized carbons (Fsp3) is 0.500. The first-order valence-corrected chi connectivity index (χ1v) is 4.79. The third-order valence-electron chi connectivity index (χ3n) is 1.85. The molecule has 1 aromatic heterocycles. The molecule has 0 fully saturated rings. The van der Waals surface area contributed by atoms with E-state index in [9.17, 15) is 4.79 Å². The number of hydrogen-bond acceptors (Lipinski definition) is 4. The fourth-order valence-electron chi connectivity index (χ4n) is 0.979. The van der Waals surface area contributed by atoms with Gasteiger partial charge in [-0.2, -0.15) is 5.10 Å². The lowest BCUT2D eigenvalue weighted by Crippen LogP contribution is -2.08. The third kappa shape index (κ3) is 3.53. The quantitative estimate of drug-likeness (QED) is 0.799. The van der Waals surface area contributed by atoms with Gasteiger partial charge in [0.05, 0.1) is 12.8 Å². The van der Waals surface area contributed by atoms with E-state index in [1.807, 2.05) is 0 Å². The van der Waals surface area contributed by atoms with Crippen LogP contribution >= 0.6 is 0 Å². The fourth-order valence-corrected chi connectivity index (χ4v) is 0.979. The van der Waals surface area contributed by atoms with Crippen molar-refractivity contribution in [3.8, 4) is 5.88 Å². The van der Waals surface area contributed by atoms with Crippen LogP contribution in [0.3, 0.4) is 0 Å². The molecule has 0 radical (unpaired) electrons. The predicted octanol–water partition coefficient (Wildman–Crippen LogP) is 1.60. The molecule has 0 aliphatic heterocycles. The number of hydrogen-bond donors (Lipinski definition) is 1. The van der Waals surface area contributed by atoms with Crippen LogP contribution in [0.4, 0.5) is 0 Å². The number of carboxylic acid groups (broad SMARTS) is 1. The summed E-state index contributed by atoms with van der Waals surface area (Å²) < 4.78 is 5.25. The first-order valence-electron chi connectivity index (χ1n) is 4.79. The molecule has 0 bridgehead atoms. The van der Waals surface area contributed by atoms with Gasteiger partial charge < -0.3 is 9.84 Å². The number of aromatic carboxylic acids is 1. The molecule has 5 nitrogen and oxygen atoms in total. The van der Waals surface area contributed by atoms with Gasteiger partial charge in [-0.05, 0) is 18.4 Å². The number of ether oxygens (including phenoxy) is 1. The van der Waals surface area contributed by atoms with Gasteiger partial charge in [0.2, 0.25) is 5.88 Å². The second-order valence-electron chi connectivity index (χ2n) is 3.59. The van der Waals surface area contributed by atoms with E-state index in [1.54, 1.807) is 0 Å². The average molecular weight is 210 g/mol. The van der Waals surface area contributed by atoms with Crippen LogP contribution in [0.2, 0.25) is 0 Å². The smallest absolute Gasteiger partial charge is 0.341 e. The summed E-state index contributed by atoms with van der Waals surface area (Å²) in [5.74, 6) is -0.454. The molecule has 0 unspecified atom stereocenters. The standard InChI is InChI=1S/C10H14N2O3/c1-7(2)4-6-15-9-8(10(13)14)3-5-11-12-9/h3,5,7H,4,6H2,1-2H3,(H,13,14). The molecule has 0 spiro atoms. The number of aromatic nitrogens is 2. The van der Waals surface area contributed by atoms with Crippen LogP contribution < -0.4 is 4.74 Å². The van der Waals surface area contributed by atoms with Gasteiger partial charge in [-0.3, -0.25) is 0 Å².